The molecule has 1 unspecified atom stereocenters. The SMILES string of the molecule is C=CCNC(=O)C(C)OC(=O)C1CCN(S(=O)(=O)c2ccc(Cl)c(C(F)(F)F)c2)CC1. The molecule has 2 rings (SSSR count). The van der Waals surface area contributed by atoms with E-state index in [1.54, 1.807) is 0 Å². The average molecular weight is 483 g/mol. The predicted molar refractivity (Wildman–Crippen MR) is 107 cm³/mol. The molecular formula is C19H22ClF3N2O5S. The zero-order valence-corrected chi connectivity index (χ0v) is 18.2. The fourth-order valence-corrected chi connectivity index (χ4v) is 4.72. The van der Waals surface area contributed by atoms with Gasteiger partial charge < -0.3 is 10.1 Å². The van der Waals surface area contributed by atoms with Crippen molar-refractivity contribution in [1.82, 2.24) is 9.62 Å². The maximum atomic E-state index is 13.1. The number of carbonyl (C=O) groups excluding carboxylic acids is 2. The number of ether oxygens (including phenoxy) is 1. The van der Waals surface area contributed by atoms with Gasteiger partial charge in [0.25, 0.3) is 5.91 Å². The summed E-state index contributed by atoms with van der Waals surface area (Å²) in [5.74, 6) is -1.75. The van der Waals surface area contributed by atoms with Gasteiger partial charge >= 0.3 is 12.1 Å². The molecule has 0 radical (unpaired) electrons. The number of esters is 1. The molecule has 1 atom stereocenters. The second kappa shape index (κ2) is 10.0. The van der Waals surface area contributed by atoms with E-state index >= 15 is 0 Å². The van der Waals surface area contributed by atoms with E-state index in [2.05, 4.69) is 11.9 Å². The van der Waals surface area contributed by atoms with Crippen LogP contribution in [0.4, 0.5) is 13.2 Å². The summed E-state index contributed by atoms with van der Waals surface area (Å²) < 4.78 is 70.8. The molecule has 7 nitrogen and oxygen atoms in total. The number of rotatable bonds is 7. The van der Waals surface area contributed by atoms with Crippen LogP contribution in [0, 0.1) is 5.92 Å². The highest BCUT2D eigenvalue weighted by atomic mass is 35.5. The van der Waals surface area contributed by atoms with Crippen molar-refractivity contribution in [2.24, 2.45) is 5.92 Å². The summed E-state index contributed by atoms with van der Waals surface area (Å²) in [6.07, 6.45) is -4.13. The lowest BCUT2D eigenvalue weighted by Crippen LogP contribution is -2.42. The fraction of sp³-hybridized carbons (Fsp3) is 0.474. The van der Waals surface area contributed by atoms with Crippen molar-refractivity contribution in [3.8, 4) is 0 Å². The molecule has 1 aliphatic rings. The molecule has 1 fully saturated rings. The molecule has 1 aromatic carbocycles. The Morgan fingerprint density at radius 2 is 1.97 bits per heavy atom. The van der Waals surface area contributed by atoms with Crippen LogP contribution in [0.25, 0.3) is 0 Å². The van der Waals surface area contributed by atoms with Gasteiger partial charge in [-0.15, -0.1) is 6.58 Å². The van der Waals surface area contributed by atoms with Gasteiger partial charge in [-0.2, -0.15) is 17.5 Å². The van der Waals surface area contributed by atoms with E-state index in [9.17, 15) is 31.2 Å². The molecule has 0 aromatic heterocycles. The second-order valence-corrected chi connectivity index (χ2v) is 9.28. The fourth-order valence-electron chi connectivity index (χ4n) is 3.00. The van der Waals surface area contributed by atoms with Crippen molar-refractivity contribution in [3.63, 3.8) is 0 Å². The normalized spacial score (nSPS) is 17.1. The third kappa shape index (κ3) is 6.20. The van der Waals surface area contributed by atoms with Gasteiger partial charge in [0.15, 0.2) is 6.10 Å². The van der Waals surface area contributed by atoms with E-state index < -0.39 is 55.6 Å². The molecule has 0 spiro atoms. The summed E-state index contributed by atoms with van der Waals surface area (Å²) in [5, 5.41) is 1.90. The minimum atomic E-state index is -4.80. The van der Waals surface area contributed by atoms with Crippen LogP contribution in [0.3, 0.4) is 0 Å². The minimum Gasteiger partial charge on any atom is -0.452 e. The Balaban J connectivity index is 2.03. The Hall–Kier alpha value is -2.11. The second-order valence-electron chi connectivity index (χ2n) is 6.93. The number of piperidine rings is 1. The monoisotopic (exact) mass is 482 g/mol. The lowest BCUT2D eigenvalue weighted by molar-refractivity contribution is -0.159. The molecule has 172 valence electrons. The Labute approximate surface area is 183 Å². The highest BCUT2D eigenvalue weighted by Crippen LogP contribution is 2.36. The molecule has 1 aromatic rings. The highest BCUT2D eigenvalue weighted by Gasteiger charge is 2.37. The molecule has 31 heavy (non-hydrogen) atoms. The number of nitrogens with one attached hydrogen (secondary N) is 1. The van der Waals surface area contributed by atoms with Crippen LogP contribution in [0.15, 0.2) is 35.7 Å². The Kier molecular flexibility index (Phi) is 8.12. The van der Waals surface area contributed by atoms with Crippen molar-refractivity contribution in [2.75, 3.05) is 19.6 Å². The first-order valence-corrected chi connectivity index (χ1v) is 11.2. The molecule has 0 bridgehead atoms. The standard InChI is InChI=1S/C19H22ClF3N2O5S/c1-3-8-24-17(26)12(2)30-18(27)13-6-9-25(10-7-13)31(28,29)14-4-5-16(20)15(11-14)19(21,22)23/h3-5,11-13H,1,6-10H2,2H3,(H,24,26). The Morgan fingerprint density at radius 1 is 1.35 bits per heavy atom. The molecule has 1 saturated heterocycles. The molecule has 0 saturated carbocycles. The Bertz CT molecular complexity index is 944. The lowest BCUT2D eigenvalue weighted by atomic mass is 9.98. The summed E-state index contributed by atoms with van der Waals surface area (Å²) in [7, 11) is -4.21. The first kappa shape index (κ1) is 25.2. The van der Waals surface area contributed by atoms with Gasteiger partial charge in [0.2, 0.25) is 10.0 Å². The van der Waals surface area contributed by atoms with Gasteiger partial charge in [0.1, 0.15) is 0 Å². The lowest BCUT2D eigenvalue weighted by Gasteiger charge is -2.30. The summed E-state index contributed by atoms with van der Waals surface area (Å²) in [4.78, 5) is 23.5. The van der Waals surface area contributed by atoms with Gasteiger partial charge in [0, 0.05) is 19.6 Å². The van der Waals surface area contributed by atoms with Crippen LogP contribution in [0.1, 0.15) is 25.3 Å². The number of nitrogens with zero attached hydrogens (tertiary/aromatic N) is 1. The third-order valence-electron chi connectivity index (χ3n) is 4.75. The highest BCUT2D eigenvalue weighted by molar-refractivity contribution is 7.89. The number of hydrogen-bond donors (Lipinski definition) is 1. The molecule has 0 aliphatic carbocycles. The summed E-state index contributed by atoms with van der Waals surface area (Å²) in [5.41, 5.74) is -1.24. The van der Waals surface area contributed by atoms with Crippen LogP contribution in [0.5, 0.6) is 0 Å². The van der Waals surface area contributed by atoms with Gasteiger partial charge in [0.05, 0.1) is 21.4 Å². The van der Waals surface area contributed by atoms with Gasteiger partial charge in [-0.05, 0) is 38.0 Å². The number of amides is 1. The van der Waals surface area contributed by atoms with Crippen molar-refractivity contribution < 1.29 is 35.9 Å². The van der Waals surface area contributed by atoms with E-state index in [-0.39, 0.29) is 32.5 Å². The maximum absolute atomic E-state index is 13.1. The molecule has 1 N–H and O–H groups in total. The predicted octanol–water partition coefficient (Wildman–Crippen LogP) is 2.99. The zero-order chi connectivity index (χ0) is 23.4. The quantitative estimate of drug-likeness (QED) is 0.476. The maximum Gasteiger partial charge on any atom is 0.417 e. The molecular weight excluding hydrogens is 461 g/mol. The molecule has 1 amide bonds. The summed E-state index contributed by atoms with van der Waals surface area (Å²) in [6, 6.07) is 2.40. The average Bonchev–Trinajstić information content (AvgIpc) is 2.71. The van der Waals surface area contributed by atoms with Crippen molar-refractivity contribution in [3.05, 3.63) is 41.4 Å². The van der Waals surface area contributed by atoms with Crippen molar-refractivity contribution in [1.29, 1.82) is 0 Å². The number of benzene rings is 1. The van der Waals surface area contributed by atoms with Crippen molar-refractivity contribution in [2.45, 2.75) is 36.9 Å². The van der Waals surface area contributed by atoms with E-state index in [0.717, 1.165) is 16.4 Å². The number of carbonyl (C=O) groups is 2. The van der Waals surface area contributed by atoms with Gasteiger partial charge in [-0.25, -0.2) is 8.42 Å². The number of halogens is 4. The molecule has 1 heterocycles. The first-order valence-electron chi connectivity index (χ1n) is 9.34. The first-order chi connectivity index (χ1) is 14.4. The molecule has 1 aliphatic heterocycles. The Morgan fingerprint density at radius 3 is 2.52 bits per heavy atom. The van der Waals surface area contributed by atoms with Crippen LogP contribution < -0.4 is 5.32 Å². The zero-order valence-electron chi connectivity index (χ0n) is 16.6. The van der Waals surface area contributed by atoms with Crippen LogP contribution in [0.2, 0.25) is 5.02 Å². The number of hydrogen-bond acceptors (Lipinski definition) is 5. The van der Waals surface area contributed by atoms with Crippen LogP contribution in [-0.4, -0.2) is 50.3 Å². The van der Waals surface area contributed by atoms with E-state index in [1.165, 1.54) is 13.0 Å². The summed E-state index contributed by atoms with van der Waals surface area (Å²) >= 11 is 5.55. The number of sulfonamides is 1. The largest absolute Gasteiger partial charge is 0.452 e. The summed E-state index contributed by atoms with van der Waals surface area (Å²) in [6.45, 7) is 4.93. The number of alkyl halides is 3. The van der Waals surface area contributed by atoms with Crippen molar-refractivity contribution >= 4 is 33.5 Å². The van der Waals surface area contributed by atoms with Gasteiger partial charge in [-0.3, -0.25) is 9.59 Å². The smallest absolute Gasteiger partial charge is 0.417 e. The van der Waals surface area contributed by atoms with E-state index in [1.807, 2.05) is 0 Å². The molecule has 12 heteroatoms. The van der Waals surface area contributed by atoms with Crippen LogP contribution >= 0.6 is 11.6 Å². The minimum absolute atomic E-state index is 0.0802. The van der Waals surface area contributed by atoms with E-state index in [0.29, 0.717) is 6.07 Å². The topological polar surface area (TPSA) is 92.8 Å². The third-order valence-corrected chi connectivity index (χ3v) is 6.98. The van der Waals surface area contributed by atoms with Gasteiger partial charge in [-0.1, -0.05) is 17.7 Å². The van der Waals surface area contributed by atoms with E-state index in [4.69, 9.17) is 16.3 Å². The van der Waals surface area contributed by atoms with Crippen LogP contribution in [-0.2, 0) is 30.5 Å².